The van der Waals surface area contributed by atoms with Crippen LogP contribution in [0.5, 0.6) is 0 Å². The minimum absolute atomic E-state index is 0.0440. The molecule has 0 saturated heterocycles. The molecule has 0 spiro atoms. The zero-order valence-electron chi connectivity index (χ0n) is 12.2. The summed E-state index contributed by atoms with van der Waals surface area (Å²) in [5, 5.41) is 17.7. The van der Waals surface area contributed by atoms with E-state index >= 15 is 0 Å². The van der Waals surface area contributed by atoms with Crippen molar-refractivity contribution in [2.75, 3.05) is 13.1 Å². The van der Waals surface area contributed by atoms with Crippen LogP contribution in [-0.2, 0) is 11.3 Å². The summed E-state index contributed by atoms with van der Waals surface area (Å²) in [5.74, 6) is -0.407. The summed E-state index contributed by atoms with van der Waals surface area (Å²) in [5.41, 5.74) is -0.654. The van der Waals surface area contributed by atoms with Crippen molar-refractivity contribution >= 4 is 16.8 Å². The molecule has 0 saturated carbocycles. The lowest BCUT2D eigenvalue weighted by Crippen LogP contribution is -2.35. The average Bonchev–Trinajstić information content (AvgIpc) is 2.54. The summed E-state index contributed by atoms with van der Waals surface area (Å²) in [7, 11) is 0. The van der Waals surface area contributed by atoms with Crippen LogP contribution in [0.1, 0.15) is 6.42 Å². The molecule has 1 aromatic carbocycles. The van der Waals surface area contributed by atoms with Crippen LogP contribution in [0.15, 0.2) is 33.9 Å². The number of aryl methyl sites for hydroxylation is 1. The second kappa shape index (κ2) is 7.05. The number of nitriles is 2. The molecule has 116 valence electrons. The number of rotatable bonds is 5. The summed E-state index contributed by atoms with van der Waals surface area (Å²) < 4.78 is 1.30. The van der Waals surface area contributed by atoms with Crippen molar-refractivity contribution in [1.29, 1.82) is 10.5 Å². The molecule has 8 nitrogen and oxygen atoms in total. The fourth-order valence-corrected chi connectivity index (χ4v) is 2.23. The molecule has 0 aliphatic rings. The first kappa shape index (κ1) is 16.0. The van der Waals surface area contributed by atoms with E-state index in [-0.39, 0.29) is 26.1 Å². The Morgan fingerprint density at radius 2 is 1.83 bits per heavy atom. The molecule has 1 amide bonds. The van der Waals surface area contributed by atoms with Gasteiger partial charge in [0.05, 0.1) is 23.0 Å². The Hall–Kier alpha value is -3.39. The van der Waals surface area contributed by atoms with E-state index in [1.807, 2.05) is 12.1 Å². The van der Waals surface area contributed by atoms with Crippen LogP contribution < -0.4 is 11.2 Å². The van der Waals surface area contributed by atoms with Gasteiger partial charge in [0.2, 0.25) is 5.91 Å². The van der Waals surface area contributed by atoms with Gasteiger partial charge in [-0.25, -0.2) is 4.79 Å². The summed E-state index contributed by atoms with van der Waals surface area (Å²) in [4.78, 5) is 39.1. The molecule has 0 aliphatic carbocycles. The number of aromatic nitrogens is 2. The van der Waals surface area contributed by atoms with Gasteiger partial charge in [-0.3, -0.25) is 19.1 Å². The molecule has 23 heavy (non-hydrogen) atoms. The highest BCUT2D eigenvalue weighted by Crippen LogP contribution is 2.07. The van der Waals surface area contributed by atoms with Crippen LogP contribution in [0.2, 0.25) is 0 Å². The van der Waals surface area contributed by atoms with E-state index in [0.29, 0.717) is 10.9 Å². The van der Waals surface area contributed by atoms with Crippen molar-refractivity contribution in [3.8, 4) is 12.1 Å². The predicted octanol–water partition coefficient (Wildman–Crippen LogP) is -0.0443. The van der Waals surface area contributed by atoms with Gasteiger partial charge in [-0.2, -0.15) is 10.5 Å². The van der Waals surface area contributed by atoms with Crippen LogP contribution in [0.25, 0.3) is 10.9 Å². The number of nitrogens with zero attached hydrogens (tertiary/aromatic N) is 4. The molecule has 0 fully saturated rings. The summed E-state index contributed by atoms with van der Waals surface area (Å²) >= 11 is 0. The first-order valence-electron chi connectivity index (χ1n) is 6.82. The smallest absolute Gasteiger partial charge is 0.316 e. The van der Waals surface area contributed by atoms with Gasteiger partial charge in [0, 0.05) is 13.0 Å². The fraction of sp³-hybridized carbons (Fsp3) is 0.267. The maximum absolute atomic E-state index is 12.0. The van der Waals surface area contributed by atoms with Crippen LogP contribution in [0.3, 0.4) is 0 Å². The van der Waals surface area contributed by atoms with Crippen molar-refractivity contribution in [3.63, 3.8) is 0 Å². The van der Waals surface area contributed by atoms with Gasteiger partial charge in [-0.15, -0.1) is 0 Å². The molecule has 1 aromatic heterocycles. The van der Waals surface area contributed by atoms with Gasteiger partial charge < -0.3 is 4.90 Å². The lowest BCUT2D eigenvalue weighted by molar-refractivity contribution is -0.130. The number of benzene rings is 1. The zero-order chi connectivity index (χ0) is 16.8. The molecule has 0 bridgehead atoms. The van der Waals surface area contributed by atoms with E-state index < -0.39 is 17.2 Å². The van der Waals surface area contributed by atoms with E-state index in [0.717, 1.165) is 4.90 Å². The highest BCUT2D eigenvalue weighted by Gasteiger charge is 2.14. The van der Waals surface area contributed by atoms with Gasteiger partial charge in [0.1, 0.15) is 13.1 Å². The molecule has 2 rings (SSSR count). The number of carbonyl (C=O) groups excluding carboxylic acids is 1. The minimum Gasteiger partial charge on any atom is -0.316 e. The van der Waals surface area contributed by atoms with Gasteiger partial charge in [0.25, 0.3) is 5.56 Å². The maximum Gasteiger partial charge on any atom is 0.328 e. The zero-order valence-corrected chi connectivity index (χ0v) is 12.2. The Morgan fingerprint density at radius 1 is 1.17 bits per heavy atom. The van der Waals surface area contributed by atoms with Crippen LogP contribution in [0.4, 0.5) is 0 Å². The number of hydrogen-bond donors (Lipinski definition) is 1. The van der Waals surface area contributed by atoms with Crippen molar-refractivity contribution in [2.45, 2.75) is 13.0 Å². The lowest BCUT2D eigenvalue weighted by Gasteiger charge is -2.16. The largest absolute Gasteiger partial charge is 0.328 e. The van der Waals surface area contributed by atoms with Crippen molar-refractivity contribution < 1.29 is 4.79 Å². The SMILES string of the molecule is N#CCN(CC#N)C(=O)CCn1c(=O)[nH]c(=O)c2ccccc21. The number of aromatic amines is 1. The molecule has 0 aliphatic heterocycles. The number of fused-ring (bicyclic) bond motifs is 1. The number of nitrogens with one attached hydrogen (secondary N) is 1. The molecule has 0 atom stereocenters. The Balaban J connectivity index is 2.28. The number of amides is 1. The fourth-order valence-electron chi connectivity index (χ4n) is 2.23. The van der Waals surface area contributed by atoms with E-state index in [9.17, 15) is 14.4 Å². The van der Waals surface area contributed by atoms with Crippen LogP contribution >= 0.6 is 0 Å². The molecule has 1 N–H and O–H groups in total. The Labute approximate surface area is 130 Å². The van der Waals surface area contributed by atoms with Gasteiger partial charge in [-0.05, 0) is 12.1 Å². The molecular formula is C15H13N5O3. The first-order valence-corrected chi connectivity index (χ1v) is 6.82. The quantitative estimate of drug-likeness (QED) is 0.776. The summed E-state index contributed by atoms with van der Waals surface area (Å²) in [6.07, 6.45) is -0.0562. The molecule has 0 unspecified atom stereocenters. The van der Waals surface area contributed by atoms with Gasteiger partial charge in [0.15, 0.2) is 0 Å². The van der Waals surface area contributed by atoms with Crippen LogP contribution in [0, 0.1) is 22.7 Å². The monoisotopic (exact) mass is 311 g/mol. The third-order valence-electron chi connectivity index (χ3n) is 3.33. The summed E-state index contributed by atoms with van der Waals surface area (Å²) in [6, 6.07) is 10.2. The number of carbonyl (C=O) groups is 1. The molecule has 0 radical (unpaired) electrons. The van der Waals surface area contributed by atoms with Crippen LogP contribution in [-0.4, -0.2) is 33.4 Å². The Bertz CT molecular complexity index is 913. The standard InChI is InChI=1S/C15H13N5O3/c16-6-9-19(10-7-17)13(21)5-8-20-12-4-2-1-3-11(12)14(22)18-15(20)23/h1-4H,5,8-10H2,(H,18,22,23). The highest BCUT2D eigenvalue weighted by atomic mass is 16.2. The second-order valence-corrected chi connectivity index (χ2v) is 4.74. The van der Waals surface area contributed by atoms with Gasteiger partial charge in [-0.1, -0.05) is 12.1 Å². The molecular weight excluding hydrogens is 298 g/mol. The number of H-pyrrole nitrogens is 1. The third kappa shape index (κ3) is 3.44. The minimum atomic E-state index is -0.603. The van der Waals surface area contributed by atoms with E-state index in [4.69, 9.17) is 10.5 Å². The van der Waals surface area contributed by atoms with Crippen molar-refractivity contribution in [3.05, 3.63) is 45.1 Å². The Morgan fingerprint density at radius 3 is 2.48 bits per heavy atom. The van der Waals surface area contributed by atoms with E-state index in [1.165, 1.54) is 4.57 Å². The highest BCUT2D eigenvalue weighted by molar-refractivity contribution is 5.79. The average molecular weight is 311 g/mol. The first-order chi connectivity index (χ1) is 11.1. The normalized spacial score (nSPS) is 10.0. The van der Waals surface area contributed by atoms with E-state index in [2.05, 4.69) is 4.98 Å². The Kier molecular flexibility index (Phi) is 4.90. The van der Waals surface area contributed by atoms with E-state index in [1.54, 1.807) is 24.3 Å². The molecule has 2 aromatic rings. The molecule has 1 heterocycles. The van der Waals surface area contributed by atoms with Crippen molar-refractivity contribution in [2.24, 2.45) is 0 Å². The number of para-hydroxylation sites is 1. The second-order valence-electron chi connectivity index (χ2n) is 4.74. The predicted molar refractivity (Wildman–Crippen MR) is 81.3 cm³/mol. The topological polar surface area (TPSA) is 123 Å². The molecule has 8 heteroatoms. The number of hydrogen-bond acceptors (Lipinski definition) is 5. The summed E-state index contributed by atoms with van der Waals surface area (Å²) in [6.45, 7) is -0.330. The third-order valence-corrected chi connectivity index (χ3v) is 3.33. The maximum atomic E-state index is 12.0. The lowest BCUT2D eigenvalue weighted by atomic mass is 10.2. The van der Waals surface area contributed by atoms with Crippen molar-refractivity contribution in [1.82, 2.24) is 14.5 Å². The van der Waals surface area contributed by atoms with Gasteiger partial charge >= 0.3 is 5.69 Å².